The summed E-state index contributed by atoms with van der Waals surface area (Å²) in [5.41, 5.74) is 0.865. The molecule has 0 radical (unpaired) electrons. The van der Waals surface area contributed by atoms with Crippen molar-refractivity contribution in [3.8, 4) is 0 Å². The van der Waals surface area contributed by atoms with Crippen molar-refractivity contribution in [1.29, 1.82) is 0 Å². The van der Waals surface area contributed by atoms with E-state index in [0.717, 1.165) is 10.9 Å². The minimum absolute atomic E-state index is 0.0244. The lowest BCUT2D eigenvalue weighted by atomic mass is 10.2. The van der Waals surface area contributed by atoms with Gasteiger partial charge in [0.15, 0.2) is 0 Å². The van der Waals surface area contributed by atoms with Crippen molar-refractivity contribution in [2.75, 3.05) is 0 Å². The molecule has 1 N–H and O–H groups in total. The maximum Gasteiger partial charge on any atom is 0.242 e. The number of aromatic nitrogens is 1. The molecule has 2 aromatic rings. The standard InChI is InChI=1S/C14H16Cl2N2O/c1-8(2)17-14(19)9(3)18-5-4-11-12(16)6-10(15)7-13(11)18/h4-9H,1-3H3,(H,17,19). The molecule has 3 nitrogen and oxygen atoms in total. The van der Waals surface area contributed by atoms with Crippen LogP contribution in [0.25, 0.3) is 10.9 Å². The van der Waals surface area contributed by atoms with Crippen molar-refractivity contribution in [2.24, 2.45) is 0 Å². The summed E-state index contributed by atoms with van der Waals surface area (Å²) >= 11 is 12.2. The van der Waals surface area contributed by atoms with Gasteiger partial charge in [-0.15, -0.1) is 0 Å². The first-order chi connectivity index (χ1) is 8.90. The van der Waals surface area contributed by atoms with Gasteiger partial charge in [-0.05, 0) is 39.0 Å². The van der Waals surface area contributed by atoms with Crippen molar-refractivity contribution >= 4 is 40.0 Å². The summed E-state index contributed by atoms with van der Waals surface area (Å²) in [7, 11) is 0. The third-order valence-corrected chi connectivity index (χ3v) is 3.51. The van der Waals surface area contributed by atoms with Crippen LogP contribution in [0.2, 0.25) is 10.0 Å². The number of carbonyl (C=O) groups is 1. The summed E-state index contributed by atoms with van der Waals surface area (Å²) in [5, 5.41) is 4.96. The Kier molecular flexibility index (Phi) is 4.07. The van der Waals surface area contributed by atoms with E-state index in [1.807, 2.05) is 43.7 Å². The molecule has 0 aliphatic rings. The number of hydrogen-bond acceptors (Lipinski definition) is 1. The van der Waals surface area contributed by atoms with Crippen LogP contribution >= 0.6 is 23.2 Å². The van der Waals surface area contributed by atoms with E-state index in [0.29, 0.717) is 10.0 Å². The normalized spacial score (nSPS) is 12.9. The fourth-order valence-corrected chi connectivity index (χ4v) is 2.60. The molecule has 5 heteroatoms. The molecule has 2 rings (SSSR count). The summed E-state index contributed by atoms with van der Waals surface area (Å²) in [5.74, 6) is -0.0244. The summed E-state index contributed by atoms with van der Waals surface area (Å²) in [6.45, 7) is 5.73. The Morgan fingerprint density at radius 2 is 1.95 bits per heavy atom. The average Bonchev–Trinajstić information content (AvgIpc) is 2.70. The predicted octanol–water partition coefficient (Wildman–Crippen LogP) is 4.03. The van der Waals surface area contributed by atoms with E-state index in [1.165, 1.54) is 0 Å². The Morgan fingerprint density at radius 1 is 1.26 bits per heavy atom. The van der Waals surface area contributed by atoms with Crippen LogP contribution in [0.1, 0.15) is 26.8 Å². The molecule has 0 fully saturated rings. The Labute approximate surface area is 122 Å². The minimum Gasteiger partial charge on any atom is -0.352 e. The SMILES string of the molecule is CC(C)NC(=O)C(C)n1ccc2c(Cl)cc(Cl)cc21. The monoisotopic (exact) mass is 298 g/mol. The summed E-state index contributed by atoms with van der Waals surface area (Å²) in [6, 6.07) is 5.22. The van der Waals surface area contributed by atoms with Gasteiger partial charge in [0.05, 0.1) is 10.5 Å². The highest BCUT2D eigenvalue weighted by Crippen LogP contribution is 2.30. The zero-order chi connectivity index (χ0) is 14.2. The molecule has 0 spiro atoms. The third-order valence-electron chi connectivity index (χ3n) is 2.98. The summed E-state index contributed by atoms with van der Waals surface area (Å²) < 4.78 is 1.88. The van der Waals surface area contributed by atoms with Gasteiger partial charge in [0.2, 0.25) is 5.91 Å². The number of rotatable bonds is 3. The van der Waals surface area contributed by atoms with Crippen molar-refractivity contribution in [1.82, 2.24) is 9.88 Å². The van der Waals surface area contributed by atoms with Crippen LogP contribution in [-0.2, 0) is 4.79 Å². The molecule has 0 saturated heterocycles. The maximum absolute atomic E-state index is 12.1. The minimum atomic E-state index is -0.311. The Bertz CT molecular complexity index is 619. The molecule has 0 saturated carbocycles. The predicted molar refractivity (Wildman–Crippen MR) is 79.9 cm³/mol. The van der Waals surface area contributed by atoms with Gasteiger partial charge < -0.3 is 9.88 Å². The number of nitrogens with one attached hydrogen (secondary N) is 1. The van der Waals surface area contributed by atoms with E-state index < -0.39 is 0 Å². The first kappa shape index (κ1) is 14.2. The first-order valence-electron chi connectivity index (χ1n) is 6.16. The smallest absolute Gasteiger partial charge is 0.242 e. The molecule has 1 aromatic heterocycles. The zero-order valence-corrected chi connectivity index (χ0v) is 12.6. The summed E-state index contributed by atoms with van der Waals surface area (Å²) in [4.78, 5) is 12.1. The van der Waals surface area contributed by atoms with Crippen molar-refractivity contribution in [3.05, 3.63) is 34.4 Å². The van der Waals surface area contributed by atoms with E-state index in [1.54, 1.807) is 6.07 Å². The van der Waals surface area contributed by atoms with Crippen LogP contribution in [0, 0.1) is 0 Å². The summed E-state index contributed by atoms with van der Waals surface area (Å²) in [6.07, 6.45) is 1.86. The van der Waals surface area contributed by atoms with Crippen LogP contribution in [0.5, 0.6) is 0 Å². The number of hydrogen-bond donors (Lipinski definition) is 1. The van der Waals surface area contributed by atoms with Crippen molar-refractivity contribution in [3.63, 3.8) is 0 Å². The van der Waals surface area contributed by atoms with Crippen LogP contribution in [0.15, 0.2) is 24.4 Å². The van der Waals surface area contributed by atoms with Crippen LogP contribution in [0.3, 0.4) is 0 Å². The molecule has 1 aromatic carbocycles. The van der Waals surface area contributed by atoms with E-state index >= 15 is 0 Å². The molecule has 102 valence electrons. The number of nitrogens with zero attached hydrogens (tertiary/aromatic N) is 1. The highest BCUT2D eigenvalue weighted by molar-refractivity contribution is 6.38. The molecule has 1 amide bonds. The highest BCUT2D eigenvalue weighted by atomic mass is 35.5. The van der Waals surface area contributed by atoms with E-state index in [4.69, 9.17) is 23.2 Å². The topological polar surface area (TPSA) is 34.0 Å². The number of fused-ring (bicyclic) bond motifs is 1. The van der Waals surface area contributed by atoms with Gasteiger partial charge in [-0.2, -0.15) is 0 Å². The van der Waals surface area contributed by atoms with Crippen LogP contribution < -0.4 is 5.32 Å². The molecule has 1 heterocycles. The second kappa shape index (κ2) is 5.43. The Balaban J connectivity index is 2.43. The van der Waals surface area contributed by atoms with Crippen molar-refractivity contribution in [2.45, 2.75) is 32.9 Å². The molecular formula is C14H16Cl2N2O. The lowest BCUT2D eigenvalue weighted by molar-refractivity contribution is -0.124. The van der Waals surface area contributed by atoms with Gasteiger partial charge in [-0.1, -0.05) is 23.2 Å². The maximum atomic E-state index is 12.1. The quantitative estimate of drug-likeness (QED) is 0.912. The van der Waals surface area contributed by atoms with Gasteiger partial charge in [0.25, 0.3) is 0 Å². The first-order valence-corrected chi connectivity index (χ1v) is 6.91. The highest BCUT2D eigenvalue weighted by Gasteiger charge is 2.18. The largest absolute Gasteiger partial charge is 0.352 e. The fourth-order valence-electron chi connectivity index (χ4n) is 2.05. The second-order valence-electron chi connectivity index (χ2n) is 4.88. The van der Waals surface area contributed by atoms with E-state index in [2.05, 4.69) is 5.32 Å². The van der Waals surface area contributed by atoms with Crippen molar-refractivity contribution < 1.29 is 4.79 Å². The molecule has 19 heavy (non-hydrogen) atoms. The van der Waals surface area contributed by atoms with Crippen LogP contribution in [-0.4, -0.2) is 16.5 Å². The third kappa shape index (κ3) is 2.88. The second-order valence-corrected chi connectivity index (χ2v) is 5.73. The fraction of sp³-hybridized carbons (Fsp3) is 0.357. The van der Waals surface area contributed by atoms with Gasteiger partial charge in [-0.3, -0.25) is 4.79 Å². The molecule has 1 unspecified atom stereocenters. The van der Waals surface area contributed by atoms with Crippen LogP contribution in [0.4, 0.5) is 0 Å². The van der Waals surface area contributed by atoms with E-state index in [9.17, 15) is 4.79 Å². The zero-order valence-electron chi connectivity index (χ0n) is 11.1. The average molecular weight is 299 g/mol. The molecule has 0 bridgehead atoms. The number of carbonyl (C=O) groups excluding carboxylic acids is 1. The van der Waals surface area contributed by atoms with Gasteiger partial charge in [0.1, 0.15) is 6.04 Å². The van der Waals surface area contributed by atoms with E-state index in [-0.39, 0.29) is 18.0 Å². The number of halogens is 2. The van der Waals surface area contributed by atoms with Gasteiger partial charge >= 0.3 is 0 Å². The lowest BCUT2D eigenvalue weighted by Crippen LogP contribution is -2.35. The number of benzene rings is 1. The molecule has 0 aliphatic heterocycles. The Morgan fingerprint density at radius 3 is 2.58 bits per heavy atom. The van der Waals surface area contributed by atoms with Gasteiger partial charge in [-0.25, -0.2) is 0 Å². The Hall–Kier alpha value is -1.19. The van der Waals surface area contributed by atoms with Gasteiger partial charge in [0, 0.05) is 22.6 Å². The number of amides is 1. The molecule has 0 aliphatic carbocycles. The molecular weight excluding hydrogens is 283 g/mol. The molecule has 1 atom stereocenters. The lowest BCUT2D eigenvalue weighted by Gasteiger charge is -2.17.